The Morgan fingerprint density at radius 3 is 2.73 bits per heavy atom. The molecule has 0 unspecified atom stereocenters. The van der Waals surface area contributed by atoms with Gasteiger partial charge in [0, 0.05) is 12.4 Å². The summed E-state index contributed by atoms with van der Waals surface area (Å²) in [4.78, 5) is 12.8. The van der Waals surface area contributed by atoms with Crippen molar-refractivity contribution in [1.82, 2.24) is 20.3 Å². The first kappa shape index (κ1) is 9.73. The number of rotatable bonds is 3. The normalized spacial score (nSPS) is 10.2. The van der Waals surface area contributed by atoms with E-state index in [0.29, 0.717) is 6.54 Å². The van der Waals surface area contributed by atoms with Crippen molar-refractivity contribution in [1.29, 1.82) is 0 Å². The number of hydrogen-bond donors (Lipinski definition) is 1. The molecule has 0 saturated carbocycles. The molecule has 0 amide bonds. The van der Waals surface area contributed by atoms with Gasteiger partial charge < -0.3 is 5.32 Å². The third-order valence-electron chi connectivity index (χ3n) is 1.97. The van der Waals surface area contributed by atoms with E-state index in [1.54, 1.807) is 12.4 Å². The molecule has 2 aromatic heterocycles. The van der Waals surface area contributed by atoms with Crippen molar-refractivity contribution in [3.8, 4) is 11.4 Å². The highest BCUT2D eigenvalue weighted by molar-refractivity contribution is 5.52. The molecule has 2 rings (SSSR count). The van der Waals surface area contributed by atoms with Gasteiger partial charge in [-0.3, -0.25) is 4.98 Å². The fourth-order valence-corrected chi connectivity index (χ4v) is 1.30. The summed E-state index contributed by atoms with van der Waals surface area (Å²) in [5.41, 5.74) is 1.73. The van der Waals surface area contributed by atoms with Crippen LogP contribution in [0.3, 0.4) is 0 Å². The van der Waals surface area contributed by atoms with Crippen molar-refractivity contribution in [3.05, 3.63) is 42.5 Å². The Morgan fingerprint density at radius 1 is 1.07 bits per heavy atom. The van der Waals surface area contributed by atoms with Crippen LogP contribution >= 0.6 is 0 Å². The first-order chi connectivity index (χ1) is 7.40. The number of pyridine rings is 1. The van der Waals surface area contributed by atoms with Gasteiger partial charge in [0.05, 0.1) is 17.9 Å². The van der Waals surface area contributed by atoms with E-state index in [1.165, 1.54) is 0 Å². The minimum absolute atomic E-state index is 0.667. The third kappa shape index (κ3) is 2.35. The summed E-state index contributed by atoms with van der Waals surface area (Å²) < 4.78 is 0. The van der Waals surface area contributed by atoms with Crippen LogP contribution in [0.25, 0.3) is 11.4 Å². The molecule has 1 N–H and O–H groups in total. The molecule has 0 aromatic carbocycles. The van der Waals surface area contributed by atoms with E-state index in [2.05, 4.69) is 20.3 Å². The molecule has 4 nitrogen and oxygen atoms in total. The van der Waals surface area contributed by atoms with Gasteiger partial charge in [0.2, 0.25) is 0 Å². The maximum atomic E-state index is 4.40. The molecule has 2 aromatic rings. The van der Waals surface area contributed by atoms with Crippen LogP contribution in [0.15, 0.2) is 36.7 Å². The van der Waals surface area contributed by atoms with Crippen molar-refractivity contribution in [2.45, 2.75) is 6.54 Å². The van der Waals surface area contributed by atoms with E-state index in [1.807, 2.05) is 31.3 Å². The second-order valence-electron chi connectivity index (χ2n) is 3.10. The van der Waals surface area contributed by atoms with E-state index in [0.717, 1.165) is 17.2 Å². The maximum absolute atomic E-state index is 4.40. The van der Waals surface area contributed by atoms with Gasteiger partial charge in [-0.1, -0.05) is 6.07 Å². The van der Waals surface area contributed by atoms with Gasteiger partial charge in [-0.15, -0.1) is 0 Å². The second-order valence-corrected chi connectivity index (χ2v) is 3.10. The third-order valence-corrected chi connectivity index (χ3v) is 1.97. The molecule has 0 bridgehead atoms. The monoisotopic (exact) mass is 200 g/mol. The maximum Gasteiger partial charge on any atom is 0.142 e. The topological polar surface area (TPSA) is 50.7 Å². The predicted molar refractivity (Wildman–Crippen MR) is 58.0 cm³/mol. The lowest BCUT2D eigenvalue weighted by molar-refractivity contribution is 0.759. The number of aromatic nitrogens is 3. The summed E-state index contributed by atoms with van der Waals surface area (Å²) in [5.74, 6) is 0.778. The Kier molecular flexibility index (Phi) is 2.99. The smallest absolute Gasteiger partial charge is 0.142 e. The lowest BCUT2D eigenvalue weighted by Gasteiger charge is -2.02. The summed E-state index contributed by atoms with van der Waals surface area (Å²) in [6, 6.07) is 7.63. The van der Waals surface area contributed by atoms with Crippen LogP contribution in [-0.4, -0.2) is 22.0 Å². The van der Waals surface area contributed by atoms with Crippen molar-refractivity contribution in [2.24, 2.45) is 0 Å². The SMILES string of the molecule is CNCc1nccc(-c2ccccn2)n1. The highest BCUT2D eigenvalue weighted by Gasteiger charge is 2.01. The summed E-state index contributed by atoms with van der Waals surface area (Å²) >= 11 is 0. The molecule has 0 spiro atoms. The quantitative estimate of drug-likeness (QED) is 0.810. The van der Waals surface area contributed by atoms with Gasteiger partial charge in [-0.2, -0.15) is 0 Å². The zero-order chi connectivity index (χ0) is 10.5. The van der Waals surface area contributed by atoms with Gasteiger partial charge in [0.1, 0.15) is 5.82 Å². The molecule has 76 valence electrons. The van der Waals surface area contributed by atoms with Gasteiger partial charge >= 0.3 is 0 Å². The van der Waals surface area contributed by atoms with Crippen LogP contribution in [0.5, 0.6) is 0 Å². The minimum Gasteiger partial charge on any atom is -0.313 e. The summed E-state index contributed by atoms with van der Waals surface area (Å²) in [6.45, 7) is 0.667. The fraction of sp³-hybridized carbons (Fsp3) is 0.182. The van der Waals surface area contributed by atoms with Crippen molar-refractivity contribution in [3.63, 3.8) is 0 Å². The van der Waals surface area contributed by atoms with E-state index in [-0.39, 0.29) is 0 Å². The number of hydrogen-bond acceptors (Lipinski definition) is 4. The summed E-state index contributed by atoms with van der Waals surface area (Å²) in [6.07, 6.45) is 3.51. The van der Waals surface area contributed by atoms with Gasteiger partial charge in [0.15, 0.2) is 0 Å². The molecule has 0 saturated heterocycles. The zero-order valence-corrected chi connectivity index (χ0v) is 8.51. The van der Waals surface area contributed by atoms with Crippen LogP contribution in [0.1, 0.15) is 5.82 Å². The molecule has 0 atom stereocenters. The Hall–Kier alpha value is -1.81. The molecule has 2 heterocycles. The lowest BCUT2D eigenvalue weighted by atomic mass is 10.2. The van der Waals surface area contributed by atoms with Crippen LogP contribution in [0.2, 0.25) is 0 Å². The van der Waals surface area contributed by atoms with E-state index >= 15 is 0 Å². The molecule has 15 heavy (non-hydrogen) atoms. The Bertz CT molecular complexity index is 428. The first-order valence-corrected chi connectivity index (χ1v) is 4.78. The molecule has 0 fully saturated rings. The average molecular weight is 200 g/mol. The Morgan fingerprint density at radius 2 is 2.00 bits per heavy atom. The van der Waals surface area contributed by atoms with Gasteiger partial charge in [0.25, 0.3) is 0 Å². The molecule has 0 aliphatic rings. The van der Waals surface area contributed by atoms with E-state index < -0.39 is 0 Å². The van der Waals surface area contributed by atoms with E-state index in [9.17, 15) is 0 Å². The minimum atomic E-state index is 0.667. The van der Waals surface area contributed by atoms with Crippen molar-refractivity contribution in [2.75, 3.05) is 7.05 Å². The molecular formula is C11H12N4. The zero-order valence-electron chi connectivity index (χ0n) is 8.51. The molecule has 0 aliphatic heterocycles. The second kappa shape index (κ2) is 4.61. The highest BCUT2D eigenvalue weighted by Crippen LogP contribution is 2.11. The molecule has 0 radical (unpaired) electrons. The lowest BCUT2D eigenvalue weighted by Crippen LogP contribution is -2.09. The molecule has 4 heteroatoms. The summed E-state index contributed by atoms with van der Waals surface area (Å²) in [7, 11) is 1.87. The van der Waals surface area contributed by atoms with Crippen LogP contribution in [0, 0.1) is 0 Å². The largest absolute Gasteiger partial charge is 0.313 e. The Balaban J connectivity index is 2.33. The molecular weight excluding hydrogens is 188 g/mol. The van der Waals surface area contributed by atoms with Crippen molar-refractivity contribution >= 4 is 0 Å². The number of nitrogens with one attached hydrogen (secondary N) is 1. The van der Waals surface area contributed by atoms with Crippen molar-refractivity contribution < 1.29 is 0 Å². The van der Waals surface area contributed by atoms with Crippen LogP contribution < -0.4 is 5.32 Å². The highest BCUT2D eigenvalue weighted by atomic mass is 14.9. The number of nitrogens with zero attached hydrogens (tertiary/aromatic N) is 3. The first-order valence-electron chi connectivity index (χ1n) is 4.78. The Labute approximate surface area is 88.4 Å². The van der Waals surface area contributed by atoms with Gasteiger partial charge in [-0.25, -0.2) is 9.97 Å². The van der Waals surface area contributed by atoms with Gasteiger partial charge in [-0.05, 0) is 25.2 Å². The molecule has 0 aliphatic carbocycles. The summed E-state index contributed by atoms with van der Waals surface area (Å²) in [5, 5.41) is 3.02. The standard InChI is InChI=1S/C11H12N4/c1-12-8-11-14-7-5-10(15-11)9-4-2-3-6-13-9/h2-7,12H,8H2,1H3. The average Bonchev–Trinajstić information content (AvgIpc) is 2.31. The predicted octanol–water partition coefficient (Wildman–Crippen LogP) is 1.26. The van der Waals surface area contributed by atoms with Crippen LogP contribution in [-0.2, 0) is 6.54 Å². The fourth-order valence-electron chi connectivity index (χ4n) is 1.30. The van der Waals surface area contributed by atoms with Crippen LogP contribution in [0.4, 0.5) is 0 Å². The van der Waals surface area contributed by atoms with E-state index in [4.69, 9.17) is 0 Å².